The summed E-state index contributed by atoms with van der Waals surface area (Å²) in [4.78, 5) is 27.7. The van der Waals surface area contributed by atoms with Gasteiger partial charge in [0.05, 0.1) is 5.69 Å². The molecule has 0 radical (unpaired) electrons. The van der Waals surface area contributed by atoms with E-state index in [2.05, 4.69) is 25.8 Å². The lowest BCUT2D eigenvalue weighted by atomic mass is 10.2. The summed E-state index contributed by atoms with van der Waals surface area (Å²) >= 11 is 0. The lowest BCUT2D eigenvalue weighted by Crippen LogP contribution is -2.31. The number of carbonyl (C=O) groups excluding carboxylic acids is 2. The van der Waals surface area contributed by atoms with Crippen molar-refractivity contribution in [1.29, 1.82) is 0 Å². The number of amides is 2. The van der Waals surface area contributed by atoms with Gasteiger partial charge in [-0.05, 0) is 82.2 Å². The van der Waals surface area contributed by atoms with Crippen LogP contribution in [0.15, 0.2) is 48.5 Å². The highest BCUT2D eigenvalue weighted by Crippen LogP contribution is 2.19. The van der Waals surface area contributed by atoms with Crippen molar-refractivity contribution in [3.8, 4) is 11.4 Å². The number of benzene rings is 2. The van der Waals surface area contributed by atoms with Gasteiger partial charge in [-0.1, -0.05) is 24.1 Å². The van der Waals surface area contributed by atoms with Crippen LogP contribution in [-0.4, -0.2) is 64.4 Å². The largest absolute Gasteiger partial charge is 0.487 e. The minimum absolute atomic E-state index is 0.0505. The van der Waals surface area contributed by atoms with Crippen LogP contribution in [0.2, 0.25) is 0 Å². The van der Waals surface area contributed by atoms with E-state index in [0.717, 1.165) is 26.1 Å². The molecule has 10 heteroatoms. The molecule has 1 aromatic heterocycles. The summed E-state index contributed by atoms with van der Waals surface area (Å²) in [5.74, 6) is -0.609. The number of halogens is 1. The van der Waals surface area contributed by atoms with Crippen LogP contribution in [0, 0.1) is 5.82 Å². The number of hydrogen-bond acceptors (Lipinski definition) is 6. The van der Waals surface area contributed by atoms with Gasteiger partial charge in [0.1, 0.15) is 23.9 Å². The summed E-state index contributed by atoms with van der Waals surface area (Å²) in [6.45, 7) is 6.03. The molecule has 2 heterocycles. The molecule has 4 rings (SSSR count). The van der Waals surface area contributed by atoms with Gasteiger partial charge in [-0.25, -0.2) is 9.07 Å². The highest BCUT2D eigenvalue weighted by Gasteiger charge is 2.22. The van der Waals surface area contributed by atoms with E-state index in [-0.39, 0.29) is 24.1 Å². The lowest BCUT2D eigenvalue weighted by Gasteiger charge is -2.19. The van der Waals surface area contributed by atoms with Gasteiger partial charge >= 0.3 is 0 Å². The predicted octanol–water partition coefficient (Wildman–Crippen LogP) is 3.73. The Kier molecular flexibility index (Phi) is 9.80. The maximum atomic E-state index is 13.7. The van der Waals surface area contributed by atoms with Gasteiger partial charge in [-0.15, -0.1) is 5.10 Å². The summed E-state index contributed by atoms with van der Waals surface area (Å²) < 4.78 is 21.0. The number of nitrogens with zero attached hydrogens (tertiary/aromatic N) is 4. The molecular formula is C28H35FN6O3. The fourth-order valence-corrected chi connectivity index (χ4v) is 4.49. The van der Waals surface area contributed by atoms with Crippen LogP contribution in [0.1, 0.15) is 65.6 Å². The third-order valence-corrected chi connectivity index (χ3v) is 6.50. The van der Waals surface area contributed by atoms with Crippen LogP contribution in [0.25, 0.3) is 5.69 Å². The second-order valence-corrected chi connectivity index (χ2v) is 9.31. The number of ether oxygens (including phenoxy) is 1. The normalized spacial score (nSPS) is 14.1. The minimum atomic E-state index is -0.419. The lowest BCUT2D eigenvalue weighted by molar-refractivity contribution is 0.0940. The summed E-state index contributed by atoms with van der Waals surface area (Å²) in [5, 5.41) is 14.1. The Balaban J connectivity index is 1.47. The standard InChI is InChI=1S/C28H35FN6O3/c1-2-30-27(36)21-11-13-23(14-12-21)35-25(20-38-24-10-7-9-22(29)19-24)26(32-33-35)28(37)31-15-8-18-34-16-5-3-4-6-17-34/h7,9-14,19H,2-6,8,15-18,20H2,1H3,(H,30,36)(H,31,37). The average Bonchev–Trinajstić information content (AvgIpc) is 3.17. The second-order valence-electron chi connectivity index (χ2n) is 9.31. The van der Waals surface area contributed by atoms with E-state index in [1.807, 2.05) is 6.92 Å². The Morgan fingerprint density at radius 3 is 2.47 bits per heavy atom. The van der Waals surface area contributed by atoms with Crippen molar-refractivity contribution in [2.75, 3.05) is 32.7 Å². The molecule has 1 fully saturated rings. The first-order chi connectivity index (χ1) is 18.5. The number of likely N-dealkylation sites (tertiary alicyclic amines) is 1. The zero-order valence-electron chi connectivity index (χ0n) is 21.8. The highest BCUT2D eigenvalue weighted by molar-refractivity contribution is 5.94. The quantitative estimate of drug-likeness (QED) is 0.372. The van der Waals surface area contributed by atoms with Gasteiger partial charge in [0, 0.05) is 24.7 Å². The van der Waals surface area contributed by atoms with E-state index >= 15 is 0 Å². The Hall–Kier alpha value is -3.79. The van der Waals surface area contributed by atoms with Gasteiger partial charge in [0.15, 0.2) is 5.69 Å². The first-order valence-electron chi connectivity index (χ1n) is 13.3. The number of carbonyl (C=O) groups is 2. The summed E-state index contributed by atoms with van der Waals surface area (Å²) in [5.41, 5.74) is 1.69. The van der Waals surface area contributed by atoms with Gasteiger partial charge < -0.3 is 20.3 Å². The van der Waals surface area contributed by atoms with E-state index in [0.29, 0.717) is 35.8 Å². The van der Waals surface area contributed by atoms with E-state index in [9.17, 15) is 14.0 Å². The van der Waals surface area contributed by atoms with E-state index in [1.165, 1.54) is 42.5 Å². The molecule has 9 nitrogen and oxygen atoms in total. The molecule has 2 amide bonds. The number of hydrogen-bond donors (Lipinski definition) is 2. The summed E-state index contributed by atoms with van der Waals surface area (Å²) in [7, 11) is 0. The minimum Gasteiger partial charge on any atom is -0.487 e. The van der Waals surface area contributed by atoms with Crippen LogP contribution in [0.5, 0.6) is 5.75 Å². The van der Waals surface area contributed by atoms with Crippen molar-refractivity contribution in [3.63, 3.8) is 0 Å². The van der Waals surface area contributed by atoms with Crippen LogP contribution >= 0.6 is 0 Å². The zero-order valence-corrected chi connectivity index (χ0v) is 21.8. The van der Waals surface area contributed by atoms with E-state index in [1.54, 1.807) is 36.4 Å². The second kappa shape index (κ2) is 13.7. The molecule has 1 saturated heterocycles. The predicted molar refractivity (Wildman–Crippen MR) is 142 cm³/mol. The SMILES string of the molecule is CCNC(=O)c1ccc(-n2nnc(C(=O)NCCCN3CCCCCC3)c2COc2cccc(F)c2)cc1. The highest BCUT2D eigenvalue weighted by atomic mass is 19.1. The molecule has 1 aliphatic rings. The van der Waals surface area contributed by atoms with Crippen molar-refractivity contribution in [2.45, 2.75) is 45.6 Å². The summed E-state index contributed by atoms with van der Waals surface area (Å²) in [6, 6.07) is 12.6. The Bertz CT molecular complexity index is 1210. The average molecular weight is 523 g/mol. The van der Waals surface area contributed by atoms with Gasteiger partial charge in [-0.3, -0.25) is 9.59 Å². The maximum Gasteiger partial charge on any atom is 0.273 e. The first kappa shape index (κ1) is 27.3. The molecule has 0 saturated carbocycles. The van der Waals surface area contributed by atoms with Gasteiger partial charge in [0.2, 0.25) is 0 Å². The number of rotatable bonds is 11. The fourth-order valence-electron chi connectivity index (χ4n) is 4.49. The van der Waals surface area contributed by atoms with Crippen molar-refractivity contribution in [2.24, 2.45) is 0 Å². The van der Waals surface area contributed by atoms with Gasteiger partial charge in [-0.2, -0.15) is 0 Å². The molecule has 0 unspecified atom stereocenters. The van der Waals surface area contributed by atoms with E-state index in [4.69, 9.17) is 4.74 Å². The van der Waals surface area contributed by atoms with Crippen LogP contribution in [0.4, 0.5) is 4.39 Å². The number of aromatic nitrogens is 3. The smallest absolute Gasteiger partial charge is 0.273 e. The summed E-state index contributed by atoms with van der Waals surface area (Å²) in [6.07, 6.45) is 5.88. The first-order valence-corrected chi connectivity index (χ1v) is 13.3. The maximum absolute atomic E-state index is 13.7. The molecule has 0 spiro atoms. The van der Waals surface area contributed by atoms with E-state index < -0.39 is 5.82 Å². The molecule has 3 aromatic rings. The molecule has 1 aliphatic heterocycles. The van der Waals surface area contributed by atoms with Crippen molar-refractivity contribution >= 4 is 11.8 Å². The molecular weight excluding hydrogens is 487 g/mol. The monoisotopic (exact) mass is 522 g/mol. The number of nitrogens with one attached hydrogen (secondary N) is 2. The fraction of sp³-hybridized carbons (Fsp3) is 0.429. The molecule has 0 bridgehead atoms. The molecule has 202 valence electrons. The van der Waals surface area contributed by atoms with Crippen LogP contribution < -0.4 is 15.4 Å². The Morgan fingerprint density at radius 2 is 1.76 bits per heavy atom. The van der Waals surface area contributed by atoms with Gasteiger partial charge in [0.25, 0.3) is 11.8 Å². The van der Waals surface area contributed by atoms with Crippen molar-refractivity contribution in [3.05, 3.63) is 71.3 Å². The topological polar surface area (TPSA) is 101 Å². The van der Waals surface area contributed by atoms with Crippen molar-refractivity contribution < 1.29 is 18.7 Å². The van der Waals surface area contributed by atoms with Crippen LogP contribution in [0.3, 0.4) is 0 Å². The Labute approximate surface area is 222 Å². The third-order valence-electron chi connectivity index (χ3n) is 6.50. The zero-order chi connectivity index (χ0) is 26.7. The van der Waals surface area contributed by atoms with Crippen LogP contribution in [-0.2, 0) is 6.61 Å². The molecule has 38 heavy (non-hydrogen) atoms. The Morgan fingerprint density at radius 1 is 1.00 bits per heavy atom. The molecule has 2 aromatic carbocycles. The molecule has 2 N–H and O–H groups in total. The molecule has 0 aliphatic carbocycles. The molecule has 0 atom stereocenters. The van der Waals surface area contributed by atoms with Crippen molar-refractivity contribution in [1.82, 2.24) is 30.5 Å². The third kappa shape index (κ3) is 7.38.